The second-order valence-corrected chi connectivity index (χ2v) is 10.8. The fourth-order valence-corrected chi connectivity index (χ4v) is 4.52. The molecule has 0 aliphatic heterocycles. The number of carboxylic acids is 1. The van der Waals surface area contributed by atoms with Crippen molar-refractivity contribution in [3.8, 4) is 22.6 Å². The average Bonchev–Trinajstić information content (AvgIpc) is 2.97. The van der Waals surface area contributed by atoms with E-state index in [0.717, 1.165) is 11.1 Å². The summed E-state index contributed by atoms with van der Waals surface area (Å²) in [5, 5.41) is 8.65. The molecule has 3 rings (SSSR count). The Morgan fingerprint density at radius 1 is 0.810 bits per heavy atom. The molecule has 11 nitrogen and oxygen atoms in total. The number of carbonyl (C=O) groups is 3. The summed E-state index contributed by atoms with van der Waals surface area (Å²) in [6.45, 7) is -0.716. The minimum absolute atomic E-state index is 0.00532. The Balaban J connectivity index is 1.35. The van der Waals surface area contributed by atoms with Crippen molar-refractivity contribution in [2.24, 2.45) is 5.73 Å². The lowest BCUT2D eigenvalue weighted by Crippen LogP contribution is -2.34. The van der Waals surface area contributed by atoms with Crippen LogP contribution in [0.3, 0.4) is 0 Å². The molecule has 3 aromatic rings. The molecule has 0 heterocycles. The van der Waals surface area contributed by atoms with Crippen LogP contribution in [0, 0.1) is 0 Å². The first-order valence-corrected chi connectivity index (χ1v) is 14.8. The van der Waals surface area contributed by atoms with Crippen molar-refractivity contribution < 1.29 is 47.5 Å². The van der Waals surface area contributed by atoms with E-state index in [1.807, 2.05) is 60.7 Å². The van der Waals surface area contributed by atoms with Gasteiger partial charge in [0, 0.05) is 12.0 Å². The van der Waals surface area contributed by atoms with Crippen LogP contribution in [-0.2, 0) is 39.2 Å². The molecule has 2 atom stereocenters. The SMILES string of the molecule is N[C@@H](COP(=O)(O)OCCCCCOC(=O)CC(=O)Cc1ccccc1Oc1ccc(-c2ccccc2)cc1)C(=O)O. The molecule has 4 N–H and O–H groups in total. The van der Waals surface area contributed by atoms with Gasteiger partial charge in [0.25, 0.3) is 0 Å². The predicted octanol–water partition coefficient (Wildman–Crippen LogP) is 4.91. The summed E-state index contributed by atoms with van der Waals surface area (Å²) < 4.78 is 32.1. The van der Waals surface area contributed by atoms with Gasteiger partial charge in [-0.05, 0) is 48.6 Å². The van der Waals surface area contributed by atoms with Gasteiger partial charge in [0.1, 0.15) is 29.7 Å². The van der Waals surface area contributed by atoms with E-state index in [2.05, 4.69) is 4.52 Å². The maximum Gasteiger partial charge on any atom is 0.472 e. The normalized spacial score (nSPS) is 13.1. The molecule has 224 valence electrons. The van der Waals surface area contributed by atoms with Gasteiger partial charge in [0.15, 0.2) is 0 Å². The summed E-state index contributed by atoms with van der Waals surface area (Å²) in [6, 6.07) is 23.3. The molecule has 0 bridgehead atoms. The van der Waals surface area contributed by atoms with Crippen molar-refractivity contribution in [1.82, 2.24) is 0 Å². The van der Waals surface area contributed by atoms with Crippen LogP contribution in [0.4, 0.5) is 0 Å². The number of carboxylic acid groups (broad SMARTS) is 1. The quantitative estimate of drug-likeness (QED) is 0.0785. The highest BCUT2D eigenvalue weighted by molar-refractivity contribution is 7.47. The third-order valence-corrected chi connectivity index (χ3v) is 6.92. The summed E-state index contributed by atoms with van der Waals surface area (Å²) >= 11 is 0. The van der Waals surface area contributed by atoms with E-state index in [4.69, 9.17) is 24.8 Å². The number of para-hydroxylation sites is 1. The maximum atomic E-state index is 12.6. The van der Waals surface area contributed by atoms with Gasteiger partial charge in [0.05, 0.1) is 19.8 Å². The molecule has 0 radical (unpaired) electrons. The summed E-state index contributed by atoms with van der Waals surface area (Å²) in [4.78, 5) is 44.8. The van der Waals surface area contributed by atoms with Gasteiger partial charge in [-0.15, -0.1) is 0 Å². The van der Waals surface area contributed by atoms with Crippen LogP contribution in [0.25, 0.3) is 11.1 Å². The molecular weight excluding hydrogens is 565 g/mol. The molecule has 0 saturated carbocycles. The van der Waals surface area contributed by atoms with Crippen molar-refractivity contribution in [2.75, 3.05) is 19.8 Å². The molecule has 0 spiro atoms. The maximum absolute atomic E-state index is 12.6. The van der Waals surface area contributed by atoms with Crippen LogP contribution in [-0.4, -0.2) is 53.6 Å². The molecule has 3 aromatic carbocycles. The number of Topliss-reactive ketones (excluding diaryl/α,β-unsaturated/α-hetero) is 1. The van der Waals surface area contributed by atoms with Crippen LogP contribution in [0.5, 0.6) is 11.5 Å². The molecule has 42 heavy (non-hydrogen) atoms. The number of esters is 1. The number of carbonyl (C=O) groups excluding carboxylic acids is 2. The highest BCUT2D eigenvalue weighted by atomic mass is 31.2. The van der Waals surface area contributed by atoms with E-state index in [1.165, 1.54) is 0 Å². The number of ether oxygens (including phenoxy) is 2. The molecular formula is C30H34NO10P. The van der Waals surface area contributed by atoms with Gasteiger partial charge < -0.3 is 25.2 Å². The van der Waals surface area contributed by atoms with Crippen LogP contribution >= 0.6 is 7.82 Å². The van der Waals surface area contributed by atoms with Crippen molar-refractivity contribution >= 4 is 25.5 Å². The van der Waals surface area contributed by atoms with Crippen molar-refractivity contribution in [3.63, 3.8) is 0 Å². The zero-order valence-electron chi connectivity index (χ0n) is 22.9. The third kappa shape index (κ3) is 11.6. The lowest BCUT2D eigenvalue weighted by atomic mass is 10.1. The van der Waals surface area contributed by atoms with Gasteiger partial charge in [0.2, 0.25) is 0 Å². The minimum Gasteiger partial charge on any atom is -0.480 e. The number of phosphoric ester groups is 1. The Hall–Kier alpha value is -3.86. The van der Waals surface area contributed by atoms with Gasteiger partial charge in [-0.3, -0.25) is 23.4 Å². The van der Waals surface area contributed by atoms with Crippen LogP contribution < -0.4 is 10.5 Å². The van der Waals surface area contributed by atoms with E-state index in [-0.39, 0.29) is 31.8 Å². The molecule has 0 amide bonds. The standard InChI is InChI=1S/C30H34NO10P/c31-27(30(34)35)21-40-42(36,37)39-18-8-2-7-17-38-29(33)20-25(32)19-24-11-5-6-12-28(24)41-26-15-13-23(14-16-26)22-9-3-1-4-10-22/h1,3-6,9-16,27H,2,7-8,17-21,31H2,(H,34,35)(H,36,37)/t27-/m0/s1. The first kappa shape index (κ1) is 32.7. The lowest BCUT2D eigenvalue weighted by Gasteiger charge is -2.13. The van der Waals surface area contributed by atoms with Gasteiger partial charge >= 0.3 is 19.8 Å². The second-order valence-electron chi connectivity index (χ2n) is 9.32. The molecule has 12 heteroatoms. The fourth-order valence-electron chi connectivity index (χ4n) is 3.74. The van der Waals surface area contributed by atoms with Crippen molar-refractivity contribution in [3.05, 3.63) is 84.4 Å². The summed E-state index contributed by atoms with van der Waals surface area (Å²) in [6.07, 6.45) is 0.940. The third-order valence-electron chi connectivity index (χ3n) is 5.93. The molecule has 0 aliphatic carbocycles. The topological polar surface area (TPSA) is 172 Å². The first-order chi connectivity index (χ1) is 20.1. The van der Waals surface area contributed by atoms with E-state index in [0.29, 0.717) is 36.3 Å². The molecule has 0 saturated heterocycles. The highest BCUT2D eigenvalue weighted by Gasteiger charge is 2.24. The van der Waals surface area contributed by atoms with Gasteiger partial charge in [-0.2, -0.15) is 0 Å². The Labute approximate surface area is 243 Å². The largest absolute Gasteiger partial charge is 0.480 e. The van der Waals surface area contributed by atoms with Crippen molar-refractivity contribution in [1.29, 1.82) is 0 Å². The predicted molar refractivity (Wildman–Crippen MR) is 154 cm³/mol. The number of hydrogen-bond donors (Lipinski definition) is 3. The van der Waals surface area contributed by atoms with Gasteiger partial charge in [-0.25, -0.2) is 4.57 Å². The molecule has 0 aliphatic rings. The lowest BCUT2D eigenvalue weighted by molar-refractivity contribution is -0.146. The zero-order chi connectivity index (χ0) is 30.4. The average molecular weight is 600 g/mol. The summed E-state index contributed by atoms with van der Waals surface area (Å²) in [7, 11) is -4.41. The Morgan fingerprint density at radius 2 is 1.45 bits per heavy atom. The monoisotopic (exact) mass is 599 g/mol. The molecule has 0 aromatic heterocycles. The Kier molecular flexibility index (Phi) is 12.9. The first-order valence-electron chi connectivity index (χ1n) is 13.3. The van der Waals surface area contributed by atoms with Crippen LogP contribution in [0.1, 0.15) is 31.2 Å². The van der Waals surface area contributed by atoms with E-state index < -0.39 is 32.4 Å². The number of ketones is 1. The zero-order valence-corrected chi connectivity index (χ0v) is 23.8. The number of rotatable bonds is 18. The Morgan fingerprint density at radius 3 is 2.17 bits per heavy atom. The van der Waals surface area contributed by atoms with Crippen molar-refractivity contribution in [2.45, 2.75) is 38.1 Å². The van der Waals surface area contributed by atoms with E-state index in [9.17, 15) is 23.8 Å². The van der Waals surface area contributed by atoms with Crippen LogP contribution in [0.2, 0.25) is 0 Å². The van der Waals surface area contributed by atoms with E-state index in [1.54, 1.807) is 18.2 Å². The number of phosphoric acid groups is 1. The number of aliphatic carboxylic acids is 1. The number of unbranched alkanes of at least 4 members (excludes halogenated alkanes) is 2. The summed E-state index contributed by atoms with van der Waals surface area (Å²) in [5.74, 6) is -1.18. The Bertz CT molecular complexity index is 1360. The fraction of sp³-hybridized carbons (Fsp3) is 0.300. The van der Waals surface area contributed by atoms with Crippen LogP contribution in [0.15, 0.2) is 78.9 Å². The number of benzene rings is 3. The van der Waals surface area contributed by atoms with E-state index >= 15 is 0 Å². The minimum atomic E-state index is -4.41. The number of hydrogen-bond acceptors (Lipinski definition) is 9. The van der Waals surface area contributed by atoms with Gasteiger partial charge in [-0.1, -0.05) is 60.7 Å². The molecule has 1 unspecified atom stereocenters. The number of nitrogens with two attached hydrogens (primary N) is 1. The second kappa shape index (κ2) is 16.5. The highest BCUT2D eigenvalue weighted by Crippen LogP contribution is 2.43. The smallest absolute Gasteiger partial charge is 0.472 e. The summed E-state index contributed by atoms with van der Waals surface area (Å²) in [5.41, 5.74) is 8.00. The molecule has 0 fully saturated rings.